The minimum Gasteiger partial charge on any atom is -0.351 e. The Morgan fingerprint density at radius 2 is 2.19 bits per heavy atom. The van der Waals surface area contributed by atoms with Gasteiger partial charge in [0.25, 0.3) is 0 Å². The number of anilines is 1. The standard InChI is InChI=1S/C15H18FN5/c1-3-6-21-10-11(9-18-21)8-17-15-19-13-7-12(16)4-5-14(13)20(15)2/h4-5,7,9-10H,3,6,8H2,1-2H3,(H,17,19). The number of aromatic nitrogens is 4. The van der Waals surface area contributed by atoms with Crippen molar-refractivity contribution in [2.45, 2.75) is 26.4 Å². The number of rotatable bonds is 5. The highest BCUT2D eigenvalue weighted by molar-refractivity contribution is 5.78. The van der Waals surface area contributed by atoms with Crippen LogP contribution in [0.3, 0.4) is 0 Å². The molecule has 0 saturated carbocycles. The molecule has 3 rings (SSSR count). The summed E-state index contributed by atoms with van der Waals surface area (Å²) < 4.78 is 17.1. The van der Waals surface area contributed by atoms with Gasteiger partial charge in [-0.2, -0.15) is 5.10 Å². The average molecular weight is 287 g/mol. The number of imidazole rings is 1. The van der Waals surface area contributed by atoms with E-state index in [2.05, 4.69) is 22.3 Å². The number of nitrogens with one attached hydrogen (secondary N) is 1. The lowest BCUT2D eigenvalue weighted by atomic mass is 10.3. The third-order valence-electron chi connectivity index (χ3n) is 3.43. The highest BCUT2D eigenvalue weighted by Gasteiger charge is 2.08. The van der Waals surface area contributed by atoms with Crippen molar-refractivity contribution in [1.82, 2.24) is 19.3 Å². The summed E-state index contributed by atoms with van der Waals surface area (Å²) in [6.07, 6.45) is 4.94. The van der Waals surface area contributed by atoms with E-state index in [0.717, 1.165) is 30.0 Å². The van der Waals surface area contributed by atoms with Crippen molar-refractivity contribution in [1.29, 1.82) is 0 Å². The quantitative estimate of drug-likeness (QED) is 0.785. The van der Waals surface area contributed by atoms with Gasteiger partial charge in [-0.25, -0.2) is 9.37 Å². The number of aryl methyl sites for hydroxylation is 2. The van der Waals surface area contributed by atoms with Crippen molar-refractivity contribution >= 4 is 17.0 Å². The normalized spacial score (nSPS) is 11.2. The first-order valence-corrected chi connectivity index (χ1v) is 7.04. The molecule has 0 aliphatic heterocycles. The molecule has 3 aromatic rings. The fourth-order valence-electron chi connectivity index (χ4n) is 2.36. The predicted octanol–water partition coefficient (Wildman–Crippen LogP) is 2.93. The van der Waals surface area contributed by atoms with E-state index < -0.39 is 0 Å². The van der Waals surface area contributed by atoms with E-state index in [0.29, 0.717) is 12.1 Å². The van der Waals surface area contributed by atoms with E-state index in [1.807, 2.05) is 28.7 Å². The molecular formula is C15H18FN5. The van der Waals surface area contributed by atoms with Crippen molar-refractivity contribution in [3.8, 4) is 0 Å². The molecule has 0 amide bonds. The third kappa shape index (κ3) is 2.74. The summed E-state index contributed by atoms with van der Waals surface area (Å²) in [5, 5.41) is 7.56. The van der Waals surface area contributed by atoms with Crippen LogP contribution in [0.2, 0.25) is 0 Å². The highest BCUT2D eigenvalue weighted by Crippen LogP contribution is 2.19. The van der Waals surface area contributed by atoms with E-state index >= 15 is 0 Å². The summed E-state index contributed by atoms with van der Waals surface area (Å²) in [5.74, 6) is 0.451. The molecular weight excluding hydrogens is 269 g/mol. The van der Waals surface area contributed by atoms with Crippen molar-refractivity contribution in [3.63, 3.8) is 0 Å². The molecule has 1 aromatic carbocycles. The Balaban J connectivity index is 1.76. The van der Waals surface area contributed by atoms with Crippen LogP contribution in [0, 0.1) is 5.82 Å². The van der Waals surface area contributed by atoms with Crippen LogP contribution < -0.4 is 5.32 Å². The Labute approximate surface area is 122 Å². The second-order valence-corrected chi connectivity index (χ2v) is 5.09. The molecule has 0 bridgehead atoms. The first kappa shape index (κ1) is 13.6. The Bertz CT molecular complexity index is 759. The third-order valence-corrected chi connectivity index (χ3v) is 3.43. The van der Waals surface area contributed by atoms with Crippen LogP contribution in [0.1, 0.15) is 18.9 Å². The van der Waals surface area contributed by atoms with Crippen molar-refractivity contribution < 1.29 is 4.39 Å². The van der Waals surface area contributed by atoms with Gasteiger partial charge in [-0.3, -0.25) is 4.68 Å². The minimum absolute atomic E-state index is 0.270. The zero-order chi connectivity index (χ0) is 14.8. The maximum atomic E-state index is 13.2. The molecule has 0 spiro atoms. The van der Waals surface area contributed by atoms with E-state index in [4.69, 9.17) is 0 Å². The molecule has 0 saturated heterocycles. The van der Waals surface area contributed by atoms with E-state index in [1.165, 1.54) is 12.1 Å². The molecule has 0 unspecified atom stereocenters. The Kier molecular flexibility index (Phi) is 3.60. The van der Waals surface area contributed by atoms with Crippen molar-refractivity contribution in [2.75, 3.05) is 5.32 Å². The zero-order valence-electron chi connectivity index (χ0n) is 12.2. The Hall–Kier alpha value is -2.37. The number of halogens is 1. The number of fused-ring (bicyclic) bond motifs is 1. The molecule has 2 aromatic heterocycles. The molecule has 21 heavy (non-hydrogen) atoms. The van der Waals surface area contributed by atoms with E-state index in [9.17, 15) is 4.39 Å². The Morgan fingerprint density at radius 3 is 3.00 bits per heavy atom. The van der Waals surface area contributed by atoms with Gasteiger partial charge in [0, 0.05) is 38.0 Å². The molecule has 0 aliphatic rings. The lowest BCUT2D eigenvalue weighted by molar-refractivity contribution is 0.602. The second-order valence-electron chi connectivity index (χ2n) is 5.09. The van der Waals surface area contributed by atoms with Crippen LogP contribution in [0.15, 0.2) is 30.6 Å². The van der Waals surface area contributed by atoms with Gasteiger partial charge in [0.1, 0.15) is 5.82 Å². The van der Waals surface area contributed by atoms with Gasteiger partial charge < -0.3 is 9.88 Å². The molecule has 6 heteroatoms. The first-order valence-electron chi connectivity index (χ1n) is 7.04. The summed E-state index contributed by atoms with van der Waals surface area (Å²) in [4.78, 5) is 4.42. The van der Waals surface area contributed by atoms with Gasteiger partial charge in [-0.15, -0.1) is 0 Å². The number of hydrogen-bond donors (Lipinski definition) is 1. The maximum absolute atomic E-state index is 13.2. The van der Waals surface area contributed by atoms with Crippen LogP contribution in [0.4, 0.5) is 10.3 Å². The van der Waals surface area contributed by atoms with Crippen LogP contribution in [-0.4, -0.2) is 19.3 Å². The van der Waals surface area contributed by atoms with Crippen LogP contribution in [-0.2, 0) is 20.1 Å². The first-order chi connectivity index (χ1) is 10.2. The van der Waals surface area contributed by atoms with Gasteiger partial charge in [0.15, 0.2) is 0 Å². The SMILES string of the molecule is CCCn1cc(CNc2nc3cc(F)ccc3n2C)cn1. The zero-order valence-corrected chi connectivity index (χ0v) is 12.2. The predicted molar refractivity (Wildman–Crippen MR) is 80.5 cm³/mol. The van der Waals surface area contributed by atoms with Crippen LogP contribution in [0.25, 0.3) is 11.0 Å². The number of nitrogens with zero attached hydrogens (tertiary/aromatic N) is 4. The molecule has 0 radical (unpaired) electrons. The van der Waals surface area contributed by atoms with E-state index in [-0.39, 0.29) is 5.82 Å². The fraction of sp³-hybridized carbons (Fsp3) is 0.333. The maximum Gasteiger partial charge on any atom is 0.203 e. The average Bonchev–Trinajstić information content (AvgIpc) is 3.02. The summed E-state index contributed by atoms with van der Waals surface area (Å²) >= 11 is 0. The van der Waals surface area contributed by atoms with Gasteiger partial charge in [0.2, 0.25) is 5.95 Å². The fourth-order valence-corrected chi connectivity index (χ4v) is 2.36. The molecule has 2 heterocycles. The van der Waals surface area contributed by atoms with Crippen LogP contribution >= 0.6 is 0 Å². The molecule has 0 atom stereocenters. The van der Waals surface area contributed by atoms with Gasteiger partial charge in [-0.1, -0.05) is 6.92 Å². The number of hydrogen-bond acceptors (Lipinski definition) is 3. The Morgan fingerprint density at radius 1 is 1.33 bits per heavy atom. The molecule has 0 fully saturated rings. The van der Waals surface area contributed by atoms with Crippen LogP contribution in [0.5, 0.6) is 0 Å². The summed E-state index contributed by atoms with van der Waals surface area (Å²) in [7, 11) is 1.91. The molecule has 110 valence electrons. The van der Waals surface area contributed by atoms with Crippen molar-refractivity contribution in [2.24, 2.45) is 7.05 Å². The summed E-state index contributed by atoms with van der Waals surface area (Å²) in [5.41, 5.74) is 2.66. The lowest BCUT2D eigenvalue weighted by Gasteiger charge is -2.04. The summed E-state index contributed by atoms with van der Waals surface area (Å²) in [6.45, 7) is 3.69. The van der Waals surface area contributed by atoms with Gasteiger partial charge in [-0.05, 0) is 18.6 Å². The second kappa shape index (κ2) is 5.55. The minimum atomic E-state index is -0.270. The topological polar surface area (TPSA) is 47.7 Å². The number of benzene rings is 1. The monoisotopic (exact) mass is 287 g/mol. The molecule has 1 N–H and O–H groups in total. The molecule has 0 aliphatic carbocycles. The summed E-state index contributed by atoms with van der Waals surface area (Å²) in [6, 6.07) is 4.63. The van der Waals surface area contributed by atoms with Gasteiger partial charge in [0.05, 0.1) is 17.2 Å². The van der Waals surface area contributed by atoms with Crippen molar-refractivity contribution in [3.05, 3.63) is 42.0 Å². The van der Waals surface area contributed by atoms with E-state index in [1.54, 1.807) is 6.07 Å². The molecule has 5 nitrogen and oxygen atoms in total. The lowest BCUT2D eigenvalue weighted by Crippen LogP contribution is -2.04. The smallest absolute Gasteiger partial charge is 0.203 e. The highest BCUT2D eigenvalue weighted by atomic mass is 19.1. The largest absolute Gasteiger partial charge is 0.351 e. The van der Waals surface area contributed by atoms with Gasteiger partial charge >= 0.3 is 0 Å².